The van der Waals surface area contributed by atoms with E-state index >= 15 is 0 Å². The van der Waals surface area contributed by atoms with Gasteiger partial charge in [0.25, 0.3) is 0 Å². The molecule has 2 fully saturated rings. The van der Waals surface area contributed by atoms with Gasteiger partial charge >= 0.3 is 0 Å². The number of nitrogens with zero attached hydrogens (tertiary/aromatic N) is 4. The zero-order valence-corrected chi connectivity index (χ0v) is 16.8. The molecule has 0 aliphatic carbocycles. The van der Waals surface area contributed by atoms with Gasteiger partial charge in [-0.1, -0.05) is 42.5 Å². The highest BCUT2D eigenvalue weighted by Crippen LogP contribution is 2.41. The van der Waals surface area contributed by atoms with Crippen molar-refractivity contribution in [3.63, 3.8) is 0 Å². The number of piperidine rings is 1. The highest BCUT2D eigenvalue weighted by Gasteiger charge is 2.44. The molecule has 3 heterocycles. The highest BCUT2D eigenvalue weighted by atomic mass is 16.2. The van der Waals surface area contributed by atoms with Crippen LogP contribution in [0, 0.1) is 19.3 Å². The van der Waals surface area contributed by atoms with Gasteiger partial charge < -0.3 is 9.80 Å². The first-order valence-corrected chi connectivity index (χ1v) is 10.1. The molecule has 0 unspecified atom stereocenters. The SMILES string of the molecule is Cc1cnc(C)c(N2CCC3(CC2)CC(=O)N(C/C=C/c2ccccc2)C3)n1. The van der Waals surface area contributed by atoms with Crippen molar-refractivity contribution in [2.24, 2.45) is 5.41 Å². The van der Waals surface area contributed by atoms with Crippen LogP contribution in [-0.2, 0) is 4.79 Å². The van der Waals surface area contributed by atoms with Crippen LogP contribution in [0.1, 0.15) is 36.2 Å². The molecule has 0 atom stereocenters. The molecule has 146 valence electrons. The number of amides is 1. The van der Waals surface area contributed by atoms with Gasteiger partial charge in [-0.25, -0.2) is 4.98 Å². The van der Waals surface area contributed by atoms with Gasteiger partial charge in [-0.2, -0.15) is 0 Å². The van der Waals surface area contributed by atoms with Gasteiger partial charge in [-0.05, 0) is 32.3 Å². The highest BCUT2D eigenvalue weighted by molar-refractivity contribution is 5.80. The molecular formula is C23H28N4O. The van der Waals surface area contributed by atoms with Crippen LogP contribution < -0.4 is 4.90 Å². The van der Waals surface area contributed by atoms with Gasteiger partial charge in [-0.15, -0.1) is 0 Å². The molecule has 4 rings (SSSR count). The Morgan fingerprint density at radius 2 is 1.89 bits per heavy atom. The molecule has 28 heavy (non-hydrogen) atoms. The third kappa shape index (κ3) is 3.93. The van der Waals surface area contributed by atoms with E-state index in [1.807, 2.05) is 43.1 Å². The fraction of sp³-hybridized carbons (Fsp3) is 0.435. The summed E-state index contributed by atoms with van der Waals surface area (Å²) in [6.45, 7) is 7.46. The number of rotatable bonds is 4. The van der Waals surface area contributed by atoms with Crippen molar-refractivity contribution in [2.75, 3.05) is 31.1 Å². The van der Waals surface area contributed by atoms with Crippen LogP contribution in [-0.4, -0.2) is 47.0 Å². The normalized spacial score (nSPS) is 19.1. The number of likely N-dealkylation sites (tertiary alicyclic amines) is 1. The topological polar surface area (TPSA) is 49.3 Å². The smallest absolute Gasteiger partial charge is 0.223 e. The quantitative estimate of drug-likeness (QED) is 0.818. The Kier molecular flexibility index (Phi) is 5.16. The molecule has 2 aliphatic rings. The van der Waals surface area contributed by atoms with E-state index in [4.69, 9.17) is 0 Å². The summed E-state index contributed by atoms with van der Waals surface area (Å²) in [7, 11) is 0. The summed E-state index contributed by atoms with van der Waals surface area (Å²) >= 11 is 0. The summed E-state index contributed by atoms with van der Waals surface area (Å²) in [5.74, 6) is 1.29. The molecule has 0 saturated carbocycles. The number of carbonyl (C=O) groups excluding carboxylic acids is 1. The van der Waals surface area contributed by atoms with Crippen LogP contribution in [0.4, 0.5) is 5.82 Å². The number of aryl methyl sites for hydroxylation is 2. The minimum Gasteiger partial charge on any atom is -0.355 e. The molecular weight excluding hydrogens is 348 g/mol. The Bertz CT molecular complexity index is 869. The van der Waals surface area contributed by atoms with E-state index in [0.29, 0.717) is 13.0 Å². The average Bonchev–Trinajstić information content (AvgIpc) is 3.00. The lowest BCUT2D eigenvalue weighted by Crippen LogP contribution is -2.42. The lowest BCUT2D eigenvalue weighted by Gasteiger charge is -2.39. The number of anilines is 1. The maximum Gasteiger partial charge on any atom is 0.223 e. The van der Waals surface area contributed by atoms with Gasteiger partial charge in [0.05, 0.1) is 11.4 Å². The van der Waals surface area contributed by atoms with Crippen LogP contribution in [0.15, 0.2) is 42.6 Å². The molecule has 5 heteroatoms. The van der Waals surface area contributed by atoms with Crippen molar-refractivity contribution in [3.05, 3.63) is 59.6 Å². The van der Waals surface area contributed by atoms with E-state index < -0.39 is 0 Å². The summed E-state index contributed by atoms with van der Waals surface area (Å²) in [4.78, 5) is 26.1. The lowest BCUT2D eigenvalue weighted by molar-refractivity contribution is -0.127. The molecule has 2 saturated heterocycles. The molecule has 1 amide bonds. The molecule has 1 aromatic carbocycles. The molecule has 2 aromatic rings. The maximum atomic E-state index is 12.6. The van der Waals surface area contributed by atoms with Crippen LogP contribution in [0.25, 0.3) is 6.08 Å². The number of hydrogen-bond donors (Lipinski definition) is 0. The monoisotopic (exact) mass is 376 g/mol. The van der Waals surface area contributed by atoms with Crippen molar-refractivity contribution in [2.45, 2.75) is 33.1 Å². The van der Waals surface area contributed by atoms with E-state index in [0.717, 1.165) is 49.7 Å². The molecule has 5 nitrogen and oxygen atoms in total. The number of carbonyl (C=O) groups is 1. The third-order valence-electron chi connectivity index (χ3n) is 6.02. The fourth-order valence-electron chi connectivity index (χ4n) is 4.38. The van der Waals surface area contributed by atoms with E-state index in [1.165, 1.54) is 5.56 Å². The van der Waals surface area contributed by atoms with Crippen molar-refractivity contribution in [1.82, 2.24) is 14.9 Å². The number of aromatic nitrogens is 2. The molecule has 0 bridgehead atoms. The largest absolute Gasteiger partial charge is 0.355 e. The standard InChI is InChI=1S/C23H28N4O/c1-18-16-24-19(2)22(25-18)26-13-10-23(11-14-26)15-21(28)27(17-23)12-6-9-20-7-4-3-5-8-20/h3-9,16H,10-15,17H2,1-2H3/b9-6+. The van der Waals surface area contributed by atoms with Crippen LogP contribution in [0.3, 0.4) is 0 Å². The summed E-state index contributed by atoms with van der Waals surface area (Å²) < 4.78 is 0. The predicted molar refractivity (Wildman–Crippen MR) is 112 cm³/mol. The summed E-state index contributed by atoms with van der Waals surface area (Å²) in [6, 6.07) is 10.2. The zero-order valence-electron chi connectivity index (χ0n) is 16.8. The van der Waals surface area contributed by atoms with Crippen LogP contribution >= 0.6 is 0 Å². The van der Waals surface area contributed by atoms with Gasteiger partial charge in [0.15, 0.2) is 0 Å². The Balaban J connectivity index is 1.36. The zero-order chi connectivity index (χ0) is 19.6. The second-order valence-electron chi connectivity index (χ2n) is 8.17. The van der Waals surface area contributed by atoms with Gasteiger partial charge in [0, 0.05) is 44.2 Å². The van der Waals surface area contributed by atoms with E-state index in [9.17, 15) is 4.79 Å². The van der Waals surface area contributed by atoms with Crippen molar-refractivity contribution in [1.29, 1.82) is 0 Å². The minimum atomic E-state index is 0.124. The van der Waals surface area contributed by atoms with Gasteiger partial charge in [-0.3, -0.25) is 9.78 Å². The molecule has 0 radical (unpaired) electrons. The Hall–Kier alpha value is -2.69. The summed E-state index contributed by atoms with van der Waals surface area (Å²) in [6.07, 6.45) is 8.77. The second kappa shape index (κ2) is 7.74. The molecule has 1 spiro atoms. The molecule has 0 N–H and O–H groups in total. The Morgan fingerprint density at radius 1 is 1.14 bits per heavy atom. The van der Waals surface area contributed by atoms with E-state index in [1.54, 1.807) is 0 Å². The average molecular weight is 377 g/mol. The Morgan fingerprint density at radius 3 is 2.64 bits per heavy atom. The number of hydrogen-bond acceptors (Lipinski definition) is 4. The van der Waals surface area contributed by atoms with Crippen LogP contribution in [0.2, 0.25) is 0 Å². The van der Waals surface area contributed by atoms with Crippen molar-refractivity contribution >= 4 is 17.8 Å². The van der Waals surface area contributed by atoms with Crippen molar-refractivity contribution in [3.8, 4) is 0 Å². The predicted octanol–water partition coefficient (Wildman–Crippen LogP) is 3.63. The second-order valence-corrected chi connectivity index (χ2v) is 8.17. The first-order chi connectivity index (χ1) is 13.5. The first-order valence-electron chi connectivity index (χ1n) is 10.1. The first kappa shape index (κ1) is 18.7. The molecule has 1 aromatic heterocycles. The fourth-order valence-corrected chi connectivity index (χ4v) is 4.38. The molecule has 2 aliphatic heterocycles. The van der Waals surface area contributed by atoms with E-state index in [2.05, 4.69) is 39.2 Å². The Labute approximate surface area is 167 Å². The third-order valence-corrected chi connectivity index (χ3v) is 6.02. The number of benzene rings is 1. The van der Waals surface area contributed by atoms with E-state index in [-0.39, 0.29) is 11.3 Å². The van der Waals surface area contributed by atoms with Crippen molar-refractivity contribution < 1.29 is 4.79 Å². The summed E-state index contributed by atoms with van der Waals surface area (Å²) in [5.41, 5.74) is 3.23. The maximum absolute atomic E-state index is 12.6. The minimum absolute atomic E-state index is 0.124. The lowest BCUT2D eigenvalue weighted by atomic mass is 9.77. The van der Waals surface area contributed by atoms with Gasteiger partial charge in [0.1, 0.15) is 5.82 Å². The van der Waals surface area contributed by atoms with Crippen LogP contribution in [0.5, 0.6) is 0 Å². The van der Waals surface area contributed by atoms with Gasteiger partial charge in [0.2, 0.25) is 5.91 Å². The summed E-state index contributed by atoms with van der Waals surface area (Å²) in [5, 5.41) is 0.